The van der Waals surface area contributed by atoms with Gasteiger partial charge in [-0.05, 0) is 61.7 Å². The molecule has 4 rings (SSSR count). The number of hydrogen-bond donors (Lipinski definition) is 1. The third-order valence-corrected chi connectivity index (χ3v) is 9.95. The number of anilines is 1. The molecule has 4 aromatic rings. The number of carbonyl (C=O) groups is 2. The third kappa shape index (κ3) is 9.17. The summed E-state index contributed by atoms with van der Waals surface area (Å²) >= 11 is 6.38. The van der Waals surface area contributed by atoms with Gasteiger partial charge in [0, 0.05) is 19.0 Å². The summed E-state index contributed by atoms with van der Waals surface area (Å²) in [6, 6.07) is 24.3. The molecular weight excluding hydrogens is 663 g/mol. The van der Waals surface area contributed by atoms with Crippen molar-refractivity contribution in [1.82, 2.24) is 10.2 Å². The maximum atomic E-state index is 14.6. The first-order valence-corrected chi connectivity index (χ1v) is 17.2. The van der Waals surface area contributed by atoms with E-state index in [1.54, 1.807) is 30.3 Å². The van der Waals surface area contributed by atoms with Crippen molar-refractivity contribution in [3.63, 3.8) is 0 Å². The average molecular weight is 700 g/mol. The highest BCUT2D eigenvalue weighted by atomic mass is 35.5. The molecular formula is C36H37ClF3N3O4S. The lowest BCUT2D eigenvalue weighted by Gasteiger charge is -2.34. The summed E-state index contributed by atoms with van der Waals surface area (Å²) in [6.45, 7) is 4.58. The van der Waals surface area contributed by atoms with Gasteiger partial charge in [-0.15, -0.1) is 0 Å². The van der Waals surface area contributed by atoms with Crippen molar-refractivity contribution in [1.29, 1.82) is 0 Å². The van der Waals surface area contributed by atoms with Crippen molar-refractivity contribution in [2.24, 2.45) is 0 Å². The minimum atomic E-state index is -4.82. The predicted octanol–water partition coefficient (Wildman–Crippen LogP) is 7.42. The van der Waals surface area contributed by atoms with E-state index in [9.17, 15) is 31.2 Å². The molecule has 2 atom stereocenters. The fourth-order valence-electron chi connectivity index (χ4n) is 5.12. The Labute approximate surface area is 284 Å². The molecule has 0 aliphatic heterocycles. The van der Waals surface area contributed by atoms with Gasteiger partial charge in [-0.25, -0.2) is 8.42 Å². The smallest absolute Gasteiger partial charge is 0.352 e. The van der Waals surface area contributed by atoms with Gasteiger partial charge in [0.1, 0.15) is 12.6 Å². The van der Waals surface area contributed by atoms with Gasteiger partial charge in [-0.2, -0.15) is 13.2 Å². The topological polar surface area (TPSA) is 86.8 Å². The van der Waals surface area contributed by atoms with E-state index in [0.29, 0.717) is 22.4 Å². The molecule has 0 heterocycles. The first-order valence-electron chi connectivity index (χ1n) is 15.3. The Morgan fingerprint density at radius 2 is 1.50 bits per heavy atom. The van der Waals surface area contributed by atoms with Crippen LogP contribution in [-0.4, -0.2) is 43.8 Å². The van der Waals surface area contributed by atoms with Crippen molar-refractivity contribution in [2.75, 3.05) is 10.8 Å². The molecule has 1 N–H and O–H groups in total. The van der Waals surface area contributed by atoms with Crippen LogP contribution in [0.5, 0.6) is 0 Å². The number of carbonyl (C=O) groups excluding carboxylic acids is 2. The number of halogens is 4. The lowest BCUT2D eigenvalue weighted by molar-refractivity contribution is -0.140. The highest BCUT2D eigenvalue weighted by Crippen LogP contribution is 2.37. The molecule has 0 bridgehead atoms. The van der Waals surface area contributed by atoms with Crippen LogP contribution in [0.3, 0.4) is 0 Å². The largest absolute Gasteiger partial charge is 0.416 e. The number of alkyl halides is 3. The molecule has 4 aromatic carbocycles. The molecule has 0 radical (unpaired) electrons. The van der Waals surface area contributed by atoms with Crippen LogP contribution in [0.2, 0.25) is 5.02 Å². The fraction of sp³-hybridized carbons (Fsp3) is 0.278. The molecule has 0 saturated heterocycles. The summed E-state index contributed by atoms with van der Waals surface area (Å²) in [6.07, 6.45) is -4.11. The van der Waals surface area contributed by atoms with Crippen LogP contribution in [-0.2, 0) is 38.8 Å². The monoisotopic (exact) mass is 699 g/mol. The van der Waals surface area contributed by atoms with Gasteiger partial charge in [0.25, 0.3) is 10.0 Å². The quantitative estimate of drug-likeness (QED) is 0.157. The summed E-state index contributed by atoms with van der Waals surface area (Å²) in [7, 11) is -4.64. The Hall–Kier alpha value is -4.35. The lowest BCUT2D eigenvalue weighted by atomic mass is 10.0. The molecule has 0 unspecified atom stereocenters. The van der Waals surface area contributed by atoms with Crippen molar-refractivity contribution >= 4 is 39.1 Å². The number of benzene rings is 4. The Morgan fingerprint density at radius 1 is 0.875 bits per heavy atom. The van der Waals surface area contributed by atoms with Crippen LogP contribution in [0.4, 0.5) is 18.9 Å². The number of hydrogen-bond acceptors (Lipinski definition) is 4. The van der Waals surface area contributed by atoms with E-state index in [0.717, 1.165) is 23.3 Å². The van der Waals surface area contributed by atoms with Gasteiger partial charge in [-0.1, -0.05) is 96.9 Å². The van der Waals surface area contributed by atoms with Crippen LogP contribution in [0.15, 0.2) is 108 Å². The predicted molar refractivity (Wildman–Crippen MR) is 181 cm³/mol. The number of sulfonamides is 1. The number of aryl methyl sites for hydroxylation is 1. The molecule has 7 nitrogen and oxygen atoms in total. The van der Waals surface area contributed by atoms with Gasteiger partial charge in [0.15, 0.2) is 0 Å². The summed E-state index contributed by atoms with van der Waals surface area (Å²) in [4.78, 5) is 29.5. The molecule has 12 heteroatoms. The minimum absolute atomic E-state index is 0.0819. The Bertz CT molecular complexity index is 1820. The van der Waals surface area contributed by atoms with Crippen molar-refractivity contribution in [3.05, 3.63) is 130 Å². The Morgan fingerprint density at radius 3 is 2.10 bits per heavy atom. The summed E-state index contributed by atoms with van der Waals surface area (Å²) in [5.74, 6) is -1.27. The van der Waals surface area contributed by atoms with Gasteiger partial charge >= 0.3 is 6.18 Å². The second-order valence-electron chi connectivity index (χ2n) is 11.5. The maximum absolute atomic E-state index is 14.6. The normalized spacial score (nSPS) is 13.0. The molecule has 254 valence electrons. The number of nitrogens with zero attached hydrogens (tertiary/aromatic N) is 2. The standard InChI is InChI=1S/C36H37ClF3N3O4S/c1-4-26(3)41-35(45)33(21-27-13-7-5-8-14-27)42(23-28-15-11-12-25(2)20-28)34(44)24-43(48(46,47)30-16-9-6-10-17-30)32-22-29(36(38,39)40)18-19-31(32)37/h5-20,22,26,33H,4,21,23-24H2,1-3H3,(H,41,45)/t26-,33+/m1/s1. The van der Waals surface area contributed by atoms with E-state index in [4.69, 9.17) is 11.6 Å². The van der Waals surface area contributed by atoms with Gasteiger partial charge in [0.2, 0.25) is 11.8 Å². The molecule has 48 heavy (non-hydrogen) atoms. The summed E-state index contributed by atoms with van der Waals surface area (Å²) < 4.78 is 70.4. The van der Waals surface area contributed by atoms with Crippen molar-refractivity contribution in [3.8, 4) is 0 Å². The second kappa shape index (κ2) is 15.7. The van der Waals surface area contributed by atoms with Crippen LogP contribution in [0.25, 0.3) is 0 Å². The van der Waals surface area contributed by atoms with E-state index < -0.39 is 51.9 Å². The Kier molecular flexibility index (Phi) is 11.9. The SMILES string of the molecule is CC[C@@H](C)NC(=O)[C@H](Cc1ccccc1)N(Cc1cccc(C)c1)C(=O)CN(c1cc(C(F)(F)F)ccc1Cl)S(=O)(=O)c1ccccc1. The van der Waals surface area contributed by atoms with E-state index in [2.05, 4.69) is 5.32 Å². The zero-order valence-corrected chi connectivity index (χ0v) is 28.3. The fourth-order valence-corrected chi connectivity index (χ4v) is 6.83. The van der Waals surface area contributed by atoms with Gasteiger partial charge < -0.3 is 10.2 Å². The Balaban J connectivity index is 1.87. The maximum Gasteiger partial charge on any atom is 0.416 e. The van der Waals surface area contributed by atoms with Gasteiger partial charge in [0.05, 0.1) is 21.2 Å². The van der Waals surface area contributed by atoms with E-state index in [1.165, 1.54) is 29.2 Å². The summed E-state index contributed by atoms with van der Waals surface area (Å²) in [5.41, 5.74) is 0.649. The number of amides is 2. The number of nitrogens with one attached hydrogen (secondary N) is 1. The van der Waals surface area contributed by atoms with Crippen LogP contribution in [0.1, 0.15) is 42.5 Å². The first-order chi connectivity index (χ1) is 22.7. The lowest BCUT2D eigenvalue weighted by Crippen LogP contribution is -2.54. The van der Waals surface area contributed by atoms with E-state index in [-0.39, 0.29) is 28.9 Å². The molecule has 0 aromatic heterocycles. The molecule has 0 aliphatic carbocycles. The second-order valence-corrected chi connectivity index (χ2v) is 13.8. The van der Waals surface area contributed by atoms with Crippen LogP contribution >= 0.6 is 11.6 Å². The third-order valence-electron chi connectivity index (χ3n) is 7.86. The minimum Gasteiger partial charge on any atom is -0.352 e. The first kappa shape index (κ1) is 36.5. The zero-order chi connectivity index (χ0) is 35.1. The molecule has 2 amide bonds. The van der Waals surface area contributed by atoms with E-state index in [1.807, 2.05) is 51.1 Å². The highest BCUT2D eigenvalue weighted by Gasteiger charge is 2.37. The molecule has 0 aliphatic rings. The number of rotatable bonds is 13. The zero-order valence-electron chi connectivity index (χ0n) is 26.7. The van der Waals surface area contributed by atoms with Crippen molar-refractivity contribution < 1.29 is 31.2 Å². The van der Waals surface area contributed by atoms with E-state index >= 15 is 0 Å². The average Bonchev–Trinajstić information content (AvgIpc) is 3.05. The molecule has 0 saturated carbocycles. The molecule has 0 fully saturated rings. The molecule has 0 spiro atoms. The summed E-state index contributed by atoms with van der Waals surface area (Å²) in [5, 5.41) is 2.64. The highest BCUT2D eigenvalue weighted by molar-refractivity contribution is 7.92. The van der Waals surface area contributed by atoms with Crippen LogP contribution < -0.4 is 9.62 Å². The van der Waals surface area contributed by atoms with Crippen molar-refractivity contribution in [2.45, 2.75) is 63.3 Å². The van der Waals surface area contributed by atoms with Crippen LogP contribution in [0, 0.1) is 6.92 Å². The van der Waals surface area contributed by atoms with Gasteiger partial charge in [-0.3, -0.25) is 13.9 Å².